The van der Waals surface area contributed by atoms with Gasteiger partial charge in [-0.3, -0.25) is 24.0 Å². The second kappa shape index (κ2) is 17.4. The monoisotopic (exact) mass is 893 g/mol. The Bertz CT molecular complexity index is 1980. The molecule has 15 heteroatoms. The van der Waals surface area contributed by atoms with Crippen LogP contribution in [0.2, 0.25) is 0 Å². The number of aliphatic imine (C=N–C) groups is 1. The largest absolute Gasteiger partial charge is 0.474 e. The van der Waals surface area contributed by atoms with Crippen LogP contribution in [0, 0.1) is 8.80 Å². The molecule has 4 bridgehead atoms. The van der Waals surface area contributed by atoms with Gasteiger partial charge < -0.3 is 30.5 Å². The Morgan fingerprint density at radius 2 is 1.39 bits per heavy atom. The van der Waals surface area contributed by atoms with Gasteiger partial charge in [0.2, 0.25) is 29.5 Å². The van der Waals surface area contributed by atoms with Gasteiger partial charge in [-0.1, -0.05) is 80.9 Å². The van der Waals surface area contributed by atoms with E-state index in [9.17, 15) is 24.0 Å². The van der Waals surface area contributed by atoms with Gasteiger partial charge in [-0.15, -0.1) is 11.3 Å². The molecular weight excluding hydrogens is 845 g/mol. The lowest BCUT2D eigenvalue weighted by atomic mass is 9.98. The van der Waals surface area contributed by atoms with E-state index in [4.69, 9.17) is 14.7 Å². The first-order valence-electron chi connectivity index (χ1n) is 19.5. The summed E-state index contributed by atoms with van der Waals surface area (Å²) >= 11 is 3.44. The van der Waals surface area contributed by atoms with Crippen molar-refractivity contribution in [3.8, 4) is 0 Å². The molecule has 13 nitrogen and oxygen atoms in total. The van der Waals surface area contributed by atoms with Gasteiger partial charge in [-0.05, 0) is 72.2 Å². The molecule has 3 N–H and O–H groups in total. The molecule has 5 heterocycles. The second-order valence-electron chi connectivity index (χ2n) is 15.1. The molecule has 7 rings (SSSR count). The molecule has 0 spiro atoms. The van der Waals surface area contributed by atoms with Gasteiger partial charge in [0.05, 0.1) is 8.93 Å². The third-order valence-electron chi connectivity index (χ3n) is 11.3. The summed E-state index contributed by atoms with van der Waals surface area (Å²) in [5, 5.41) is 9.77. The average molecular weight is 894 g/mol. The summed E-state index contributed by atoms with van der Waals surface area (Å²) < 4.78 is 6.87. The SMILES string of the molecule is CC[C@H](C)[C@@H]1NC(=O)[C@@H]2CCCN2C(=O)[C@H](Cc2ccccc2)NC(=O)c2nc(sc2I)[C@@H]2CCCN2C(=O)[C@H](Cc2ccccc2)NC(=O)[C@H]2N=C1O[C@@H]2C. The van der Waals surface area contributed by atoms with Gasteiger partial charge in [-0.2, -0.15) is 0 Å². The number of thiazole rings is 1. The minimum atomic E-state index is -0.969. The minimum Gasteiger partial charge on any atom is -0.474 e. The number of amides is 5. The first-order valence-corrected chi connectivity index (χ1v) is 21.4. The fraction of sp³-hybridized carbons (Fsp3) is 0.488. The van der Waals surface area contributed by atoms with Gasteiger partial charge in [0.15, 0.2) is 11.7 Å². The average Bonchev–Trinajstić information content (AvgIpc) is 4.03. The Morgan fingerprint density at radius 1 is 0.821 bits per heavy atom. The van der Waals surface area contributed by atoms with Crippen LogP contribution in [0.15, 0.2) is 65.7 Å². The normalized spacial score (nSPS) is 28.0. The number of nitrogens with zero attached hydrogens (tertiary/aromatic N) is 4. The van der Waals surface area contributed by atoms with Crippen LogP contribution in [0.5, 0.6) is 0 Å². The number of nitrogens with one attached hydrogen (secondary N) is 3. The van der Waals surface area contributed by atoms with E-state index in [2.05, 4.69) is 38.5 Å². The van der Waals surface area contributed by atoms with Crippen molar-refractivity contribution in [2.45, 2.75) is 108 Å². The predicted octanol–water partition coefficient (Wildman–Crippen LogP) is 4.20. The van der Waals surface area contributed by atoms with E-state index in [1.165, 1.54) is 11.3 Å². The van der Waals surface area contributed by atoms with Crippen molar-refractivity contribution in [3.63, 3.8) is 0 Å². The molecule has 296 valence electrons. The van der Waals surface area contributed by atoms with E-state index in [0.29, 0.717) is 46.7 Å². The third kappa shape index (κ3) is 8.48. The summed E-state index contributed by atoms with van der Waals surface area (Å²) in [6, 6.07) is 14.3. The lowest BCUT2D eigenvalue weighted by Crippen LogP contribution is -2.56. The predicted molar refractivity (Wildman–Crippen MR) is 220 cm³/mol. The molecule has 1 aromatic heterocycles. The number of hydrogen-bond acceptors (Lipinski definition) is 9. The van der Waals surface area contributed by atoms with Crippen LogP contribution in [0.1, 0.15) is 85.5 Å². The Hall–Kier alpha value is -4.38. The standard InChI is InChI=1S/C41H48IN7O6S/c1-4-23(2)31-38-46-32(24(3)55-38)36(51)43-28(22-26-15-9-6-10-16-26)41(54)49-20-12-18-30(49)39-47-33(34(42)56-39)37(52)44-27(21-25-13-7-5-8-14-25)40(53)48-19-11-17-29(48)35(50)45-31/h5-10,13-16,23-24,27-32H,4,11-12,17-22H2,1-3H3,(H,43,51)(H,44,52)(H,45,50)/t23-,24+,27-,28-,29-,30-,31-,32-/m0/s1. The smallest absolute Gasteiger partial charge is 0.272 e. The first-order chi connectivity index (χ1) is 27.0. The number of carbonyl (C=O) groups excluding carboxylic acids is 5. The molecule has 2 aromatic carbocycles. The van der Waals surface area contributed by atoms with Crippen LogP contribution in [-0.4, -0.2) is 99.6 Å². The molecule has 0 saturated carbocycles. The van der Waals surface area contributed by atoms with Crippen molar-refractivity contribution >= 4 is 69.4 Å². The van der Waals surface area contributed by atoms with Crippen LogP contribution in [-0.2, 0) is 36.8 Å². The molecule has 2 fully saturated rings. The molecule has 2 saturated heterocycles. The number of halogens is 1. The fourth-order valence-corrected chi connectivity index (χ4v) is 10.0. The van der Waals surface area contributed by atoms with Crippen LogP contribution in [0.4, 0.5) is 0 Å². The van der Waals surface area contributed by atoms with Gasteiger partial charge >= 0.3 is 0 Å². The molecule has 5 amide bonds. The molecule has 56 heavy (non-hydrogen) atoms. The Morgan fingerprint density at radius 3 is 2.00 bits per heavy atom. The zero-order chi connectivity index (χ0) is 39.5. The van der Waals surface area contributed by atoms with E-state index in [-0.39, 0.29) is 48.1 Å². The quantitative estimate of drug-likeness (QED) is 0.313. The van der Waals surface area contributed by atoms with Gasteiger partial charge in [0.25, 0.3) is 5.91 Å². The van der Waals surface area contributed by atoms with E-state index < -0.39 is 54.2 Å². The summed E-state index contributed by atoms with van der Waals surface area (Å²) in [4.78, 5) is 84.3. The van der Waals surface area contributed by atoms with Crippen molar-refractivity contribution < 1.29 is 28.7 Å². The highest BCUT2D eigenvalue weighted by atomic mass is 127. The number of fused-ring (bicyclic) bond motifs is 6. The third-order valence-corrected chi connectivity index (χ3v) is 13.4. The first kappa shape index (κ1) is 39.8. The number of aromatic nitrogens is 1. The number of rotatable bonds is 6. The molecular formula is C41H48IN7O6S. The van der Waals surface area contributed by atoms with E-state index in [0.717, 1.165) is 17.5 Å². The van der Waals surface area contributed by atoms with Crippen LogP contribution in [0.3, 0.4) is 0 Å². The molecule has 0 unspecified atom stereocenters. The topological polar surface area (TPSA) is 162 Å². The highest BCUT2D eigenvalue weighted by Gasteiger charge is 2.44. The van der Waals surface area contributed by atoms with E-state index in [1.807, 2.05) is 74.5 Å². The van der Waals surface area contributed by atoms with Crippen LogP contribution in [0.25, 0.3) is 0 Å². The van der Waals surface area contributed by atoms with Crippen molar-refractivity contribution in [2.75, 3.05) is 13.1 Å². The van der Waals surface area contributed by atoms with Crippen molar-refractivity contribution in [1.82, 2.24) is 30.7 Å². The maximum absolute atomic E-state index is 14.6. The summed E-state index contributed by atoms with van der Waals surface area (Å²) in [6.45, 7) is 6.57. The number of hydrogen-bond donors (Lipinski definition) is 3. The second-order valence-corrected chi connectivity index (χ2v) is 18.0. The highest BCUT2D eigenvalue weighted by Crippen LogP contribution is 2.37. The van der Waals surface area contributed by atoms with Crippen LogP contribution < -0.4 is 16.0 Å². The zero-order valence-electron chi connectivity index (χ0n) is 31.8. The van der Waals surface area contributed by atoms with Crippen molar-refractivity contribution in [3.05, 3.63) is 85.4 Å². The summed E-state index contributed by atoms with van der Waals surface area (Å²) in [5.41, 5.74) is 1.93. The Labute approximate surface area is 344 Å². The van der Waals surface area contributed by atoms with E-state index in [1.54, 1.807) is 16.7 Å². The molecule has 4 aliphatic rings. The molecule has 4 aliphatic heterocycles. The lowest BCUT2D eigenvalue weighted by molar-refractivity contribution is -0.140. The van der Waals surface area contributed by atoms with Crippen molar-refractivity contribution in [2.24, 2.45) is 10.9 Å². The van der Waals surface area contributed by atoms with E-state index >= 15 is 0 Å². The van der Waals surface area contributed by atoms with Crippen LogP contribution >= 0.6 is 33.9 Å². The number of carbonyl (C=O) groups is 5. The van der Waals surface area contributed by atoms with Gasteiger partial charge in [0.1, 0.15) is 35.3 Å². The lowest BCUT2D eigenvalue weighted by Gasteiger charge is -2.31. The summed E-state index contributed by atoms with van der Waals surface area (Å²) in [6.07, 6.45) is 2.96. The van der Waals surface area contributed by atoms with Gasteiger partial charge in [-0.25, -0.2) is 9.98 Å². The number of ether oxygens (including phenoxy) is 1. The fourth-order valence-electron chi connectivity index (χ4n) is 8.06. The highest BCUT2D eigenvalue weighted by molar-refractivity contribution is 14.1. The Balaban J connectivity index is 1.28. The molecule has 0 radical (unpaired) electrons. The molecule has 0 aliphatic carbocycles. The minimum absolute atomic E-state index is 0.117. The maximum Gasteiger partial charge on any atom is 0.272 e. The summed E-state index contributed by atoms with van der Waals surface area (Å²) in [7, 11) is 0. The zero-order valence-corrected chi connectivity index (χ0v) is 34.8. The maximum atomic E-state index is 14.6. The number of benzene rings is 2. The Kier molecular flexibility index (Phi) is 12.4. The van der Waals surface area contributed by atoms with Gasteiger partial charge in [0, 0.05) is 25.9 Å². The summed E-state index contributed by atoms with van der Waals surface area (Å²) in [5.74, 6) is -1.77. The molecule has 8 atom stereocenters. The molecule has 3 aromatic rings. The van der Waals surface area contributed by atoms with Crippen molar-refractivity contribution in [1.29, 1.82) is 0 Å².